The number of fused-ring (bicyclic) bond motifs is 1. The van der Waals surface area contributed by atoms with Crippen LogP contribution in [0.1, 0.15) is 65.1 Å². The van der Waals surface area contributed by atoms with Crippen molar-refractivity contribution in [2.75, 3.05) is 0 Å². The van der Waals surface area contributed by atoms with Gasteiger partial charge in [-0.2, -0.15) is 0 Å². The molecule has 0 radical (unpaired) electrons. The Balaban J connectivity index is 1.81. The molecule has 1 aromatic heterocycles. The SMILES string of the molecule is C=CCCCCCC(=O)c1cc2c(s1)CCCC2. The minimum Gasteiger partial charge on any atom is -0.293 e. The Morgan fingerprint density at radius 3 is 2.89 bits per heavy atom. The molecule has 0 saturated carbocycles. The molecule has 1 aliphatic carbocycles. The highest BCUT2D eigenvalue weighted by molar-refractivity contribution is 7.14. The number of unbranched alkanes of at least 4 members (excludes halogenated alkanes) is 3. The Morgan fingerprint density at radius 2 is 2.11 bits per heavy atom. The number of Topliss-reactive ketones (excluding diaryl/α,β-unsaturated/α-hetero) is 1. The van der Waals surface area contributed by atoms with Crippen LogP contribution in [0, 0.1) is 0 Å². The third-order valence-corrected chi connectivity index (χ3v) is 4.86. The molecule has 2 rings (SSSR count). The highest BCUT2D eigenvalue weighted by Crippen LogP contribution is 2.30. The summed E-state index contributed by atoms with van der Waals surface area (Å²) < 4.78 is 0. The molecular weight excluding hydrogens is 240 g/mol. The summed E-state index contributed by atoms with van der Waals surface area (Å²) in [7, 11) is 0. The van der Waals surface area contributed by atoms with Crippen LogP contribution in [0.2, 0.25) is 0 Å². The second kappa shape index (κ2) is 6.89. The Labute approximate surface area is 114 Å². The number of hydrogen-bond acceptors (Lipinski definition) is 2. The van der Waals surface area contributed by atoms with E-state index in [2.05, 4.69) is 12.6 Å². The molecule has 0 unspecified atom stereocenters. The summed E-state index contributed by atoms with van der Waals surface area (Å²) in [6.07, 6.45) is 12.0. The van der Waals surface area contributed by atoms with Gasteiger partial charge in [-0.05, 0) is 56.6 Å². The molecule has 0 atom stereocenters. The number of allylic oxidation sites excluding steroid dienone is 1. The monoisotopic (exact) mass is 262 g/mol. The van der Waals surface area contributed by atoms with Crippen LogP contribution in [0.4, 0.5) is 0 Å². The molecule has 0 spiro atoms. The van der Waals surface area contributed by atoms with Crippen molar-refractivity contribution < 1.29 is 4.79 Å². The number of rotatable bonds is 7. The number of carbonyl (C=O) groups is 1. The van der Waals surface area contributed by atoms with Gasteiger partial charge in [-0.1, -0.05) is 12.5 Å². The zero-order valence-corrected chi connectivity index (χ0v) is 11.9. The molecule has 1 aromatic rings. The van der Waals surface area contributed by atoms with Crippen molar-refractivity contribution in [3.8, 4) is 0 Å². The Kier molecular flexibility index (Phi) is 5.18. The molecule has 0 aliphatic heterocycles. The molecule has 0 aromatic carbocycles. The van der Waals surface area contributed by atoms with Crippen molar-refractivity contribution in [3.63, 3.8) is 0 Å². The van der Waals surface area contributed by atoms with Gasteiger partial charge in [0, 0.05) is 11.3 Å². The normalized spacial score (nSPS) is 14.2. The summed E-state index contributed by atoms with van der Waals surface area (Å²) in [6, 6.07) is 2.16. The minimum absolute atomic E-state index is 0.355. The molecular formula is C16H22OS. The van der Waals surface area contributed by atoms with Crippen LogP contribution in [-0.2, 0) is 12.8 Å². The van der Waals surface area contributed by atoms with E-state index in [0.29, 0.717) is 5.78 Å². The van der Waals surface area contributed by atoms with Crippen LogP contribution in [0.5, 0.6) is 0 Å². The predicted molar refractivity (Wildman–Crippen MR) is 78.6 cm³/mol. The maximum Gasteiger partial charge on any atom is 0.172 e. The molecule has 18 heavy (non-hydrogen) atoms. The topological polar surface area (TPSA) is 17.1 Å². The lowest BCUT2D eigenvalue weighted by atomic mass is 9.99. The predicted octanol–water partition coefficient (Wildman–Crippen LogP) is 4.95. The highest BCUT2D eigenvalue weighted by Gasteiger charge is 2.16. The number of hydrogen-bond donors (Lipinski definition) is 0. The minimum atomic E-state index is 0.355. The van der Waals surface area contributed by atoms with E-state index in [0.717, 1.165) is 37.0 Å². The van der Waals surface area contributed by atoms with E-state index in [9.17, 15) is 4.79 Å². The van der Waals surface area contributed by atoms with Crippen molar-refractivity contribution >= 4 is 17.1 Å². The summed E-state index contributed by atoms with van der Waals surface area (Å²) in [5.41, 5.74) is 1.45. The standard InChI is InChI=1S/C16H22OS/c1-2-3-4-5-6-10-14(17)16-12-13-9-7-8-11-15(13)18-16/h2,12H,1,3-11H2. The van der Waals surface area contributed by atoms with Gasteiger partial charge in [0.2, 0.25) is 0 Å². The lowest BCUT2D eigenvalue weighted by molar-refractivity contribution is 0.0983. The molecule has 1 aliphatic rings. The third kappa shape index (κ3) is 3.55. The average molecular weight is 262 g/mol. The molecule has 0 fully saturated rings. The average Bonchev–Trinajstić information content (AvgIpc) is 2.82. The van der Waals surface area contributed by atoms with Gasteiger partial charge in [0.1, 0.15) is 0 Å². The van der Waals surface area contributed by atoms with Gasteiger partial charge in [-0.15, -0.1) is 17.9 Å². The van der Waals surface area contributed by atoms with E-state index in [1.807, 2.05) is 6.08 Å². The molecule has 1 nitrogen and oxygen atoms in total. The molecule has 0 bridgehead atoms. The van der Waals surface area contributed by atoms with E-state index in [-0.39, 0.29) is 0 Å². The number of aryl methyl sites for hydroxylation is 2. The number of thiophene rings is 1. The van der Waals surface area contributed by atoms with Crippen LogP contribution < -0.4 is 0 Å². The second-order valence-corrected chi connectivity index (χ2v) is 6.21. The van der Waals surface area contributed by atoms with Gasteiger partial charge in [0.25, 0.3) is 0 Å². The zero-order valence-electron chi connectivity index (χ0n) is 11.0. The summed E-state index contributed by atoms with van der Waals surface area (Å²) in [4.78, 5) is 14.6. The van der Waals surface area contributed by atoms with Crippen molar-refractivity contribution in [1.29, 1.82) is 0 Å². The van der Waals surface area contributed by atoms with E-state index >= 15 is 0 Å². The van der Waals surface area contributed by atoms with Gasteiger partial charge in [0.15, 0.2) is 5.78 Å². The van der Waals surface area contributed by atoms with Crippen LogP contribution in [0.15, 0.2) is 18.7 Å². The summed E-state index contributed by atoms with van der Waals surface area (Å²) in [5, 5.41) is 0. The first-order valence-electron chi connectivity index (χ1n) is 7.07. The summed E-state index contributed by atoms with van der Waals surface area (Å²) in [6.45, 7) is 3.71. The fraction of sp³-hybridized carbons (Fsp3) is 0.562. The quantitative estimate of drug-likeness (QED) is 0.386. The number of ketones is 1. The molecule has 0 saturated heterocycles. The second-order valence-electron chi connectivity index (χ2n) is 5.08. The van der Waals surface area contributed by atoms with E-state index in [4.69, 9.17) is 0 Å². The van der Waals surface area contributed by atoms with Gasteiger partial charge < -0.3 is 0 Å². The van der Waals surface area contributed by atoms with E-state index in [1.165, 1.54) is 36.1 Å². The first-order chi connectivity index (χ1) is 8.81. The molecule has 0 amide bonds. The molecule has 0 N–H and O–H groups in total. The molecule has 1 heterocycles. The third-order valence-electron chi connectivity index (χ3n) is 3.58. The van der Waals surface area contributed by atoms with Crippen LogP contribution in [-0.4, -0.2) is 5.78 Å². The van der Waals surface area contributed by atoms with Crippen LogP contribution in [0.25, 0.3) is 0 Å². The zero-order chi connectivity index (χ0) is 12.8. The lowest BCUT2D eigenvalue weighted by Gasteiger charge is -2.08. The smallest absolute Gasteiger partial charge is 0.172 e. The van der Waals surface area contributed by atoms with Gasteiger partial charge in [0.05, 0.1) is 4.88 Å². The number of carbonyl (C=O) groups excluding carboxylic acids is 1. The van der Waals surface area contributed by atoms with Gasteiger partial charge >= 0.3 is 0 Å². The van der Waals surface area contributed by atoms with E-state index in [1.54, 1.807) is 11.3 Å². The Morgan fingerprint density at radius 1 is 1.28 bits per heavy atom. The Hall–Kier alpha value is -0.890. The highest BCUT2D eigenvalue weighted by atomic mass is 32.1. The first-order valence-corrected chi connectivity index (χ1v) is 7.88. The first kappa shape index (κ1) is 13.5. The summed E-state index contributed by atoms with van der Waals surface area (Å²) >= 11 is 1.75. The maximum absolute atomic E-state index is 12.1. The van der Waals surface area contributed by atoms with Crippen LogP contribution >= 0.6 is 11.3 Å². The largest absolute Gasteiger partial charge is 0.293 e. The summed E-state index contributed by atoms with van der Waals surface area (Å²) in [5.74, 6) is 0.355. The van der Waals surface area contributed by atoms with Crippen molar-refractivity contribution in [2.24, 2.45) is 0 Å². The van der Waals surface area contributed by atoms with Crippen molar-refractivity contribution in [3.05, 3.63) is 34.0 Å². The maximum atomic E-state index is 12.1. The van der Waals surface area contributed by atoms with Crippen molar-refractivity contribution in [1.82, 2.24) is 0 Å². The molecule has 98 valence electrons. The van der Waals surface area contributed by atoms with Gasteiger partial charge in [-0.3, -0.25) is 4.79 Å². The van der Waals surface area contributed by atoms with Crippen LogP contribution in [0.3, 0.4) is 0 Å². The molecule has 2 heteroatoms. The Bertz CT molecular complexity index is 393. The fourth-order valence-electron chi connectivity index (χ4n) is 2.50. The fourth-order valence-corrected chi connectivity index (χ4v) is 3.72. The van der Waals surface area contributed by atoms with Crippen molar-refractivity contribution in [2.45, 2.75) is 57.8 Å². The lowest BCUT2D eigenvalue weighted by Crippen LogP contribution is -1.97. The van der Waals surface area contributed by atoms with E-state index < -0.39 is 0 Å². The van der Waals surface area contributed by atoms with Gasteiger partial charge in [-0.25, -0.2) is 0 Å².